The largest absolute Gasteiger partial charge is 0.398 e. The summed E-state index contributed by atoms with van der Waals surface area (Å²) in [7, 11) is 0. The number of nitrogens with two attached hydrogens (primary N) is 1. The average molecular weight is 210 g/mol. The average Bonchev–Trinajstić information content (AvgIpc) is 2.61. The molecule has 0 unspecified atom stereocenters. The molecule has 0 aliphatic carbocycles. The number of thiophene rings is 1. The molecular formula is C10H8ClNS. The van der Waals surface area contributed by atoms with Gasteiger partial charge in [0.05, 0.1) is 0 Å². The first-order chi connectivity index (χ1) is 6.27. The highest BCUT2D eigenvalue weighted by Gasteiger charge is 2.02. The van der Waals surface area contributed by atoms with Gasteiger partial charge in [-0.1, -0.05) is 11.6 Å². The van der Waals surface area contributed by atoms with Crippen LogP contribution < -0.4 is 5.73 Å². The van der Waals surface area contributed by atoms with Gasteiger partial charge in [0.25, 0.3) is 0 Å². The van der Waals surface area contributed by atoms with Gasteiger partial charge in [0, 0.05) is 16.3 Å². The maximum Gasteiger partial charge on any atom is 0.0413 e. The molecule has 2 N–H and O–H groups in total. The molecule has 0 aliphatic rings. The fraction of sp³-hybridized carbons (Fsp3) is 0. The monoisotopic (exact) mass is 209 g/mol. The lowest BCUT2D eigenvalue weighted by Crippen LogP contribution is -1.88. The molecule has 2 aromatic rings. The highest BCUT2D eigenvalue weighted by Crippen LogP contribution is 2.29. The molecule has 1 heterocycles. The molecule has 0 atom stereocenters. The summed E-state index contributed by atoms with van der Waals surface area (Å²) in [4.78, 5) is 0. The van der Waals surface area contributed by atoms with Crippen molar-refractivity contribution in [1.82, 2.24) is 0 Å². The third kappa shape index (κ3) is 1.69. The highest BCUT2D eigenvalue weighted by molar-refractivity contribution is 7.08. The van der Waals surface area contributed by atoms with Gasteiger partial charge < -0.3 is 5.73 Å². The Morgan fingerprint density at radius 3 is 2.77 bits per heavy atom. The zero-order valence-corrected chi connectivity index (χ0v) is 8.40. The van der Waals surface area contributed by atoms with Crippen LogP contribution in [0.2, 0.25) is 5.02 Å². The molecule has 0 amide bonds. The van der Waals surface area contributed by atoms with Crippen molar-refractivity contribution >= 4 is 28.6 Å². The van der Waals surface area contributed by atoms with Crippen LogP contribution >= 0.6 is 22.9 Å². The molecule has 66 valence electrons. The van der Waals surface area contributed by atoms with Crippen LogP contribution in [0.25, 0.3) is 11.1 Å². The smallest absolute Gasteiger partial charge is 0.0413 e. The van der Waals surface area contributed by atoms with E-state index in [9.17, 15) is 0 Å². The summed E-state index contributed by atoms with van der Waals surface area (Å²) in [5, 5.41) is 4.80. The molecule has 3 heteroatoms. The maximum atomic E-state index is 5.88. The Morgan fingerprint density at radius 1 is 1.23 bits per heavy atom. The van der Waals surface area contributed by atoms with E-state index in [1.54, 1.807) is 17.4 Å². The van der Waals surface area contributed by atoms with Crippen molar-refractivity contribution in [3.8, 4) is 11.1 Å². The third-order valence-electron chi connectivity index (χ3n) is 1.85. The molecule has 1 nitrogen and oxygen atoms in total. The molecule has 2 rings (SSSR count). The molecule has 1 aromatic carbocycles. The molecule has 0 saturated heterocycles. The standard InChI is InChI=1S/C10H8ClNS/c11-8-1-2-10(12)9(5-8)7-3-4-13-6-7/h1-6H,12H2. The molecule has 0 aliphatic heterocycles. The van der Waals surface area contributed by atoms with E-state index in [4.69, 9.17) is 17.3 Å². The van der Waals surface area contributed by atoms with Crippen LogP contribution in [-0.4, -0.2) is 0 Å². The van der Waals surface area contributed by atoms with Crippen LogP contribution in [-0.2, 0) is 0 Å². The van der Waals surface area contributed by atoms with Gasteiger partial charge in [-0.25, -0.2) is 0 Å². The predicted octanol–water partition coefficient (Wildman–Crippen LogP) is 3.65. The minimum atomic E-state index is 0.718. The lowest BCUT2D eigenvalue weighted by atomic mass is 10.1. The van der Waals surface area contributed by atoms with Gasteiger partial charge in [-0.3, -0.25) is 0 Å². The van der Waals surface area contributed by atoms with Crippen LogP contribution in [0.3, 0.4) is 0 Å². The van der Waals surface area contributed by atoms with Gasteiger partial charge in [-0.15, -0.1) is 0 Å². The van der Waals surface area contributed by atoms with Crippen LogP contribution in [0.15, 0.2) is 35.0 Å². The number of hydrogen-bond acceptors (Lipinski definition) is 2. The topological polar surface area (TPSA) is 26.0 Å². The maximum absolute atomic E-state index is 5.88. The summed E-state index contributed by atoms with van der Waals surface area (Å²) in [5.41, 5.74) is 8.73. The summed E-state index contributed by atoms with van der Waals surface area (Å²) >= 11 is 7.53. The van der Waals surface area contributed by atoms with Crippen molar-refractivity contribution in [3.05, 3.63) is 40.0 Å². The van der Waals surface area contributed by atoms with Gasteiger partial charge >= 0.3 is 0 Å². The van der Waals surface area contributed by atoms with Gasteiger partial charge in [0.1, 0.15) is 0 Å². The van der Waals surface area contributed by atoms with Crippen LogP contribution in [0, 0.1) is 0 Å². The number of benzene rings is 1. The van der Waals surface area contributed by atoms with E-state index < -0.39 is 0 Å². The molecule has 13 heavy (non-hydrogen) atoms. The number of rotatable bonds is 1. The van der Waals surface area contributed by atoms with E-state index in [0.29, 0.717) is 0 Å². The Balaban J connectivity index is 2.57. The van der Waals surface area contributed by atoms with Gasteiger partial charge in [0.15, 0.2) is 0 Å². The summed E-state index contributed by atoms with van der Waals surface area (Å²) in [6.07, 6.45) is 0. The van der Waals surface area contributed by atoms with Crippen molar-refractivity contribution in [2.24, 2.45) is 0 Å². The number of anilines is 1. The first-order valence-electron chi connectivity index (χ1n) is 3.85. The Labute approximate surface area is 85.8 Å². The lowest BCUT2D eigenvalue weighted by molar-refractivity contribution is 1.65. The van der Waals surface area contributed by atoms with Crippen molar-refractivity contribution in [1.29, 1.82) is 0 Å². The van der Waals surface area contributed by atoms with Crippen molar-refractivity contribution in [2.45, 2.75) is 0 Å². The molecule has 1 aromatic heterocycles. The third-order valence-corrected chi connectivity index (χ3v) is 2.77. The first kappa shape index (κ1) is 8.60. The predicted molar refractivity (Wildman–Crippen MR) is 59.2 cm³/mol. The first-order valence-corrected chi connectivity index (χ1v) is 5.17. The van der Waals surface area contributed by atoms with Gasteiger partial charge in [0.2, 0.25) is 0 Å². The summed E-state index contributed by atoms with van der Waals surface area (Å²) in [5.74, 6) is 0. The highest BCUT2D eigenvalue weighted by atomic mass is 35.5. The quantitative estimate of drug-likeness (QED) is 0.713. The second-order valence-electron chi connectivity index (χ2n) is 2.74. The molecule has 0 spiro atoms. The van der Waals surface area contributed by atoms with Gasteiger partial charge in [-0.2, -0.15) is 11.3 Å². The number of halogens is 1. The van der Waals surface area contributed by atoms with Crippen molar-refractivity contribution in [2.75, 3.05) is 5.73 Å². The molecule has 0 bridgehead atoms. The normalized spacial score (nSPS) is 10.2. The van der Waals surface area contributed by atoms with Gasteiger partial charge in [-0.05, 0) is 40.6 Å². The van der Waals surface area contributed by atoms with E-state index in [2.05, 4.69) is 5.38 Å². The second kappa shape index (κ2) is 3.40. The fourth-order valence-corrected chi connectivity index (χ4v) is 2.02. The minimum Gasteiger partial charge on any atom is -0.398 e. The van der Waals surface area contributed by atoms with E-state index in [1.807, 2.05) is 23.6 Å². The zero-order valence-electron chi connectivity index (χ0n) is 6.83. The number of hydrogen-bond donors (Lipinski definition) is 1. The summed E-state index contributed by atoms with van der Waals surface area (Å²) < 4.78 is 0. The summed E-state index contributed by atoms with van der Waals surface area (Å²) in [6, 6.07) is 7.55. The molecular weight excluding hydrogens is 202 g/mol. The van der Waals surface area contributed by atoms with E-state index >= 15 is 0 Å². The van der Waals surface area contributed by atoms with Crippen LogP contribution in [0.4, 0.5) is 5.69 Å². The Kier molecular flexibility index (Phi) is 2.25. The van der Waals surface area contributed by atoms with E-state index in [-0.39, 0.29) is 0 Å². The molecule has 0 saturated carbocycles. The Hall–Kier alpha value is -0.990. The molecule has 0 fully saturated rings. The number of nitrogen functional groups attached to an aromatic ring is 1. The van der Waals surface area contributed by atoms with Crippen molar-refractivity contribution in [3.63, 3.8) is 0 Å². The SMILES string of the molecule is Nc1ccc(Cl)cc1-c1ccsc1. The lowest BCUT2D eigenvalue weighted by Gasteiger charge is -2.03. The Bertz CT molecular complexity index is 409. The minimum absolute atomic E-state index is 0.718. The second-order valence-corrected chi connectivity index (χ2v) is 3.96. The van der Waals surface area contributed by atoms with Crippen LogP contribution in [0.1, 0.15) is 0 Å². The zero-order chi connectivity index (χ0) is 9.26. The summed E-state index contributed by atoms with van der Waals surface area (Å²) in [6.45, 7) is 0. The van der Waals surface area contributed by atoms with Crippen LogP contribution in [0.5, 0.6) is 0 Å². The van der Waals surface area contributed by atoms with E-state index in [1.165, 1.54) is 0 Å². The fourth-order valence-electron chi connectivity index (χ4n) is 1.20. The molecule has 0 radical (unpaired) electrons. The Morgan fingerprint density at radius 2 is 2.08 bits per heavy atom. The van der Waals surface area contributed by atoms with E-state index in [0.717, 1.165) is 21.8 Å². The van der Waals surface area contributed by atoms with Crippen molar-refractivity contribution < 1.29 is 0 Å².